The van der Waals surface area contributed by atoms with E-state index in [1.165, 1.54) is 56.9 Å². The topological polar surface area (TPSA) is 73.8 Å². The van der Waals surface area contributed by atoms with E-state index in [1.807, 2.05) is 0 Å². The number of ether oxygens (including phenoxy) is 8. The lowest BCUT2D eigenvalue weighted by atomic mass is 9.76. The second-order valence-electron chi connectivity index (χ2n) is 4.87. The summed E-state index contributed by atoms with van der Waals surface area (Å²) >= 11 is 0. The van der Waals surface area contributed by atoms with Crippen molar-refractivity contribution in [3.8, 4) is 0 Å². The molecule has 1 aliphatic carbocycles. The van der Waals surface area contributed by atoms with E-state index in [1.54, 1.807) is 0 Å². The Morgan fingerprint density at radius 1 is 0.409 bits per heavy atom. The van der Waals surface area contributed by atoms with Gasteiger partial charge in [0.1, 0.15) is 0 Å². The Kier molecular flexibility index (Phi) is 6.33. The third kappa shape index (κ3) is 2.06. The monoisotopic (exact) mass is 324 g/mol. The fraction of sp³-hybridized carbons (Fsp3) is 1.00. The van der Waals surface area contributed by atoms with Gasteiger partial charge in [-0.15, -0.1) is 0 Å². The molecule has 0 bridgehead atoms. The van der Waals surface area contributed by atoms with Crippen LogP contribution in [0.2, 0.25) is 0 Å². The summed E-state index contributed by atoms with van der Waals surface area (Å²) in [6.07, 6.45) is 0.718. The van der Waals surface area contributed by atoms with Gasteiger partial charge in [-0.25, -0.2) is 0 Å². The Labute approximate surface area is 131 Å². The van der Waals surface area contributed by atoms with Crippen molar-refractivity contribution >= 4 is 0 Å². The molecule has 1 fully saturated rings. The summed E-state index contributed by atoms with van der Waals surface area (Å²) in [4.78, 5) is 0. The van der Waals surface area contributed by atoms with Crippen molar-refractivity contribution in [3.05, 3.63) is 0 Å². The summed E-state index contributed by atoms with van der Waals surface area (Å²) in [7, 11) is 11.8. The smallest absolute Gasteiger partial charge is 0.285 e. The van der Waals surface area contributed by atoms with E-state index in [0.29, 0.717) is 12.8 Å². The van der Waals surface area contributed by atoms with E-state index in [4.69, 9.17) is 37.9 Å². The van der Waals surface area contributed by atoms with Crippen molar-refractivity contribution in [2.24, 2.45) is 0 Å². The fourth-order valence-electron chi connectivity index (χ4n) is 3.60. The maximum absolute atomic E-state index is 5.70. The lowest BCUT2D eigenvalue weighted by molar-refractivity contribution is -0.547. The van der Waals surface area contributed by atoms with Gasteiger partial charge >= 0.3 is 0 Å². The molecule has 1 rings (SSSR count). The molecular weight excluding hydrogens is 296 g/mol. The molecule has 0 radical (unpaired) electrons. The van der Waals surface area contributed by atoms with Crippen LogP contribution in [0.25, 0.3) is 0 Å². The van der Waals surface area contributed by atoms with Crippen LogP contribution in [0, 0.1) is 0 Å². The average Bonchev–Trinajstić information content (AvgIpc) is 2.59. The lowest BCUT2D eigenvalue weighted by Gasteiger charge is -2.62. The summed E-state index contributed by atoms with van der Waals surface area (Å²) < 4.78 is 45.3. The molecule has 0 aromatic heterocycles. The largest absolute Gasteiger partial charge is 0.349 e. The summed E-state index contributed by atoms with van der Waals surface area (Å²) in [5.41, 5.74) is 0. The molecule has 0 aromatic carbocycles. The minimum Gasteiger partial charge on any atom is -0.349 e. The summed E-state index contributed by atoms with van der Waals surface area (Å²) in [5.74, 6) is -5.80. The first-order chi connectivity index (χ1) is 10.4. The Bertz CT molecular complexity index is 309. The minimum atomic E-state index is -1.61. The minimum absolute atomic E-state index is 0.359. The van der Waals surface area contributed by atoms with Crippen LogP contribution in [0.5, 0.6) is 0 Å². The Morgan fingerprint density at radius 3 is 0.773 bits per heavy atom. The molecule has 22 heavy (non-hydrogen) atoms. The van der Waals surface area contributed by atoms with Gasteiger partial charge in [0, 0.05) is 69.7 Å². The van der Waals surface area contributed by atoms with Crippen molar-refractivity contribution in [3.63, 3.8) is 0 Å². The molecule has 1 saturated carbocycles. The number of methoxy groups -OCH3 is 8. The van der Waals surface area contributed by atoms with Crippen LogP contribution >= 0.6 is 0 Å². The third-order valence-electron chi connectivity index (χ3n) is 4.69. The molecule has 0 spiro atoms. The maximum atomic E-state index is 5.70. The number of hydrogen-bond acceptors (Lipinski definition) is 8. The molecule has 0 aliphatic heterocycles. The molecule has 132 valence electrons. The number of hydrogen-bond donors (Lipinski definition) is 0. The zero-order valence-electron chi connectivity index (χ0n) is 14.7. The van der Waals surface area contributed by atoms with Crippen molar-refractivity contribution in [2.45, 2.75) is 36.0 Å². The van der Waals surface area contributed by atoms with E-state index in [9.17, 15) is 0 Å². The van der Waals surface area contributed by atoms with Crippen molar-refractivity contribution in [2.75, 3.05) is 56.9 Å². The van der Waals surface area contributed by atoms with E-state index in [-0.39, 0.29) is 0 Å². The highest BCUT2D eigenvalue weighted by Crippen LogP contribution is 2.56. The van der Waals surface area contributed by atoms with Crippen LogP contribution in [-0.4, -0.2) is 80.0 Å². The van der Waals surface area contributed by atoms with Crippen molar-refractivity contribution in [1.82, 2.24) is 0 Å². The normalized spacial score (nSPS) is 25.1. The molecule has 1 aliphatic rings. The Hall–Kier alpha value is -0.320. The van der Waals surface area contributed by atoms with Crippen LogP contribution in [0.3, 0.4) is 0 Å². The lowest BCUT2D eigenvalue weighted by Crippen LogP contribution is -2.83. The predicted molar refractivity (Wildman–Crippen MR) is 76.2 cm³/mol. The first-order valence-electron chi connectivity index (χ1n) is 6.86. The predicted octanol–water partition coefficient (Wildman–Crippen LogP) is 0.737. The van der Waals surface area contributed by atoms with Gasteiger partial charge in [0.05, 0.1) is 0 Å². The second-order valence-corrected chi connectivity index (χ2v) is 4.87. The molecule has 0 N–H and O–H groups in total. The van der Waals surface area contributed by atoms with Gasteiger partial charge in [0.15, 0.2) is 0 Å². The van der Waals surface area contributed by atoms with Gasteiger partial charge in [-0.3, -0.25) is 0 Å². The van der Waals surface area contributed by atoms with Gasteiger partial charge in [-0.2, -0.15) is 0 Å². The van der Waals surface area contributed by atoms with Crippen LogP contribution in [0.15, 0.2) is 0 Å². The van der Waals surface area contributed by atoms with Crippen LogP contribution in [-0.2, 0) is 37.9 Å². The summed E-state index contributed by atoms with van der Waals surface area (Å²) in [6.45, 7) is 0. The molecule has 0 aromatic rings. The first kappa shape index (κ1) is 19.7. The molecule has 0 atom stereocenters. The van der Waals surface area contributed by atoms with E-state index < -0.39 is 23.1 Å². The first-order valence-corrected chi connectivity index (χ1v) is 6.86. The average molecular weight is 324 g/mol. The highest BCUT2D eigenvalue weighted by molar-refractivity contribution is 5.12. The van der Waals surface area contributed by atoms with Gasteiger partial charge in [0.2, 0.25) is 11.6 Å². The van der Waals surface area contributed by atoms with E-state index >= 15 is 0 Å². The highest BCUT2D eigenvalue weighted by atomic mass is 16.9. The fourth-order valence-corrected chi connectivity index (χ4v) is 3.60. The molecule has 8 nitrogen and oxygen atoms in total. The summed E-state index contributed by atoms with van der Waals surface area (Å²) in [6, 6.07) is 0. The van der Waals surface area contributed by atoms with Gasteiger partial charge in [-0.05, 0) is 0 Å². The van der Waals surface area contributed by atoms with Crippen molar-refractivity contribution < 1.29 is 37.9 Å². The van der Waals surface area contributed by atoms with E-state index in [2.05, 4.69) is 0 Å². The summed E-state index contributed by atoms with van der Waals surface area (Å²) in [5, 5.41) is 0. The molecule has 0 saturated heterocycles. The van der Waals surface area contributed by atoms with Gasteiger partial charge in [-0.1, -0.05) is 0 Å². The highest BCUT2D eigenvalue weighted by Gasteiger charge is 2.80. The molecule has 8 heteroatoms. The maximum Gasteiger partial charge on any atom is 0.285 e. The Balaban J connectivity index is 3.71. The third-order valence-corrected chi connectivity index (χ3v) is 4.69. The second kappa shape index (κ2) is 7.06. The molecule has 0 heterocycles. The molecule has 0 unspecified atom stereocenters. The van der Waals surface area contributed by atoms with Gasteiger partial charge < -0.3 is 37.9 Å². The standard InChI is InChI=1S/C14H28O8/c1-15-11(16-2)9-10-12(17-3,18-4)14(21-7,22-8)13(11,19-5)20-6/h9-10H2,1-8H3. The van der Waals surface area contributed by atoms with Gasteiger partial charge in [0.25, 0.3) is 11.6 Å². The SMILES string of the molecule is COC1(OC)CCC(OC)(OC)C(OC)(OC)C1(OC)OC. The Morgan fingerprint density at radius 2 is 0.636 bits per heavy atom. The van der Waals surface area contributed by atoms with Crippen LogP contribution in [0.4, 0.5) is 0 Å². The van der Waals surface area contributed by atoms with Crippen LogP contribution < -0.4 is 0 Å². The molecular formula is C14H28O8. The zero-order chi connectivity index (χ0) is 17.1. The zero-order valence-corrected chi connectivity index (χ0v) is 14.7. The number of rotatable bonds is 8. The quantitative estimate of drug-likeness (QED) is 0.605. The van der Waals surface area contributed by atoms with Crippen LogP contribution in [0.1, 0.15) is 12.8 Å². The molecule has 0 amide bonds. The van der Waals surface area contributed by atoms with E-state index in [0.717, 1.165) is 0 Å². The van der Waals surface area contributed by atoms with Crippen molar-refractivity contribution in [1.29, 1.82) is 0 Å².